The molecule has 0 amide bonds. The molecule has 1 N–H and O–H groups in total. The first-order valence-corrected chi connectivity index (χ1v) is 6.37. The second kappa shape index (κ2) is 5.36. The number of rotatable bonds is 3. The summed E-state index contributed by atoms with van der Waals surface area (Å²) >= 11 is 0. The van der Waals surface area contributed by atoms with Crippen molar-refractivity contribution in [2.24, 2.45) is 0 Å². The predicted molar refractivity (Wildman–Crippen MR) is 71.4 cm³/mol. The van der Waals surface area contributed by atoms with Crippen molar-refractivity contribution in [3.8, 4) is 0 Å². The van der Waals surface area contributed by atoms with Crippen LogP contribution >= 0.6 is 0 Å². The fourth-order valence-corrected chi connectivity index (χ4v) is 2.36. The van der Waals surface area contributed by atoms with E-state index in [4.69, 9.17) is 4.74 Å². The molecule has 1 fully saturated rings. The largest absolute Gasteiger partial charge is 0.371 e. The first-order valence-electron chi connectivity index (χ1n) is 6.37. The number of nitrogens with one attached hydrogen (secondary N) is 1. The number of nitrogens with zero attached hydrogens (tertiary/aromatic N) is 1. The molecule has 3 nitrogen and oxygen atoms in total. The van der Waals surface area contributed by atoms with Crippen molar-refractivity contribution in [3.63, 3.8) is 0 Å². The number of ether oxygens (including phenoxy) is 1. The molecule has 0 saturated carbocycles. The lowest BCUT2D eigenvalue weighted by Crippen LogP contribution is -2.23. The average molecular weight is 258 g/mol. The summed E-state index contributed by atoms with van der Waals surface area (Å²) in [6, 6.07) is 13.3. The van der Waals surface area contributed by atoms with Gasteiger partial charge in [-0.3, -0.25) is 0 Å². The minimum atomic E-state index is -0.326. The maximum Gasteiger partial charge on any atom is 0.141 e. The van der Waals surface area contributed by atoms with Crippen molar-refractivity contribution in [3.05, 3.63) is 60.0 Å². The van der Waals surface area contributed by atoms with Gasteiger partial charge in [0.1, 0.15) is 17.7 Å². The van der Waals surface area contributed by atoms with E-state index in [9.17, 15) is 4.39 Å². The second-order valence-electron chi connectivity index (χ2n) is 4.60. The van der Waals surface area contributed by atoms with E-state index in [1.165, 1.54) is 12.3 Å². The molecule has 1 aliphatic rings. The van der Waals surface area contributed by atoms with Crippen LogP contribution in [0.3, 0.4) is 0 Å². The molecule has 2 aromatic rings. The standard InChI is InChI=1S/C15H15FN2O/c16-12-6-7-14(17-10-12)18-13-8-9-19-15(13)11-4-2-1-3-5-11/h1-7,10,13,15H,8-9H2,(H,17,18)/t13-,15-/m0/s1. The summed E-state index contributed by atoms with van der Waals surface area (Å²) in [4.78, 5) is 4.03. The third kappa shape index (κ3) is 2.74. The molecule has 98 valence electrons. The molecule has 1 aliphatic heterocycles. The van der Waals surface area contributed by atoms with Crippen LogP contribution in [0.5, 0.6) is 0 Å². The van der Waals surface area contributed by atoms with Crippen LogP contribution < -0.4 is 5.32 Å². The number of hydrogen-bond acceptors (Lipinski definition) is 3. The zero-order valence-corrected chi connectivity index (χ0v) is 10.4. The number of anilines is 1. The Kier molecular flexibility index (Phi) is 3.42. The Hall–Kier alpha value is -1.94. The highest BCUT2D eigenvalue weighted by Gasteiger charge is 2.29. The molecule has 1 aromatic carbocycles. The highest BCUT2D eigenvalue weighted by atomic mass is 19.1. The Bertz CT molecular complexity index is 530. The number of pyridine rings is 1. The van der Waals surface area contributed by atoms with E-state index in [2.05, 4.69) is 22.4 Å². The monoisotopic (exact) mass is 258 g/mol. The molecule has 3 rings (SSSR count). The lowest BCUT2D eigenvalue weighted by Gasteiger charge is -2.20. The molecule has 1 saturated heterocycles. The van der Waals surface area contributed by atoms with E-state index < -0.39 is 0 Å². The van der Waals surface area contributed by atoms with Crippen LogP contribution in [0.25, 0.3) is 0 Å². The van der Waals surface area contributed by atoms with Crippen LogP contribution in [0.2, 0.25) is 0 Å². The van der Waals surface area contributed by atoms with Gasteiger partial charge >= 0.3 is 0 Å². The third-order valence-corrected chi connectivity index (χ3v) is 3.28. The summed E-state index contributed by atoms with van der Waals surface area (Å²) in [5.41, 5.74) is 1.15. The van der Waals surface area contributed by atoms with Gasteiger partial charge in [0.25, 0.3) is 0 Å². The van der Waals surface area contributed by atoms with Crippen LogP contribution in [0.4, 0.5) is 10.2 Å². The van der Waals surface area contributed by atoms with E-state index in [1.807, 2.05) is 18.2 Å². The summed E-state index contributed by atoms with van der Waals surface area (Å²) in [5, 5.41) is 3.31. The average Bonchev–Trinajstić information content (AvgIpc) is 2.90. The van der Waals surface area contributed by atoms with Crippen LogP contribution in [-0.4, -0.2) is 17.6 Å². The molecule has 0 bridgehead atoms. The zero-order valence-electron chi connectivity index (χ0n) is 10.4. The Morgan fingerprint density at radius 3 is 2.74 bits per heavy atom. The topological polar surface area (TPSA) is 34.1 Å². The number of hydrogen-bond donors (Lipinski definition) is 1. The summed E-state index contributed by atoms with van der Waals surface area (Å²) in [7, 11) is 0. The molecular formula is C15H15FN2O. The van der Waals surface area contributed by atoms with Gasteiger partial charge in [0, 0.05) is 6.61 Å². The quantitative estimate of drug-likeness (QED) is 0.918. The fraction of sp³-hybridized carbons (Fsp3) is 0.267. The van der Waals surface area contributed by atoms with E-state index >= 15 is 0 Å². The minimum Gasteiger partial charge on any atom is -0.371 e. The Morgan fingerprint density at radius 1 is 1.16 bits per heavy atom. The smallest absolute Gasteiger partial charge is 0.141 e. The first kappa shape index (κ1) is 12.1. The van der Waals surface area contributed by atoms with Crippen LogP contribution in [0.15, 0.2) is 48.7 Å². The first-order chi connectivity index (χ1) is 9.33. The normalized spacial score (nSPS) is 22.4. The van der Waals surface area contributed by atoms with Crippen LogP contribution in [-0.2, 0) is 4.74 Å². The molecule has 4 heteroatoms. The maximum absolute atomic E-state index is 12.8. The van der Waals surface area contributed by atoms with Crippen molar-refractivity contribution in [2.75, 3.05) is 11.9 Å². The molecule has 0 aliphatic carbocycles. The minimum absolute atomic E-state index is 0.0213. The highest BCUT2D eigenvalue weighted by Crippen LogP contribution is 2.30. The molecule has 2 atom stereocenters. The maximum atomic E-state index is 12.8. The van der Waals surface area contributed by atoms with Gasteiger partial charge in [-0.1, -0.05) is 30.3 Å². The van der Waals surface area contributed by atoms with Gasteiger partial charge in [-0.15, -0.1) is 0 Å². The molecule has 0 spiro atoms. The van der Waals surface area contributed by atoms with E-state index in [1.54, 1.807) is 6.07 Å². The van der Waals surface area contributed by atoms with Crippen molar-refractivity contribution in [1.82, 2.24) is 4.98 Å². The lowest BCUT2D eigenvalue weighted by molar-refractivity contribution is 0.107. The van der Waals surface area contributed by atoms with Gasteiger partial charge < -0.3 is 10.1 Å². The van der Waals surface area contributed by atoms with Gasteiger partial charge in [-0.25, -0.2) is 9.37 Å². The molecule has 0 unspecified atom stereocenters. The van der Waals surface area contributed by atoms with Gasteiger partial charge in [0.15, 0.2) is 0 Å². The van der Waals surface area contributed by atoms with Crippen LogP contribution in [0, 0.1) is 5.82 Å². The zero-order chi connectivity index (χ0) is 13.1. The summed E-state index contributed by atoms with van der Waals surface area (Å²) in [6.07, 6.45) is 2.15. The molecular weight excluding hydrogens is 243 g/mol. The van der Waals surface area contributed by atoms with Crippen molar-refractivity contribution >= 4 is 5.82 Å². The SMILES string of the molecule is Fc1ccc(N[C@H]2CCO[C@H]2c2ccccc2)nc1. The van der Waals surface area contributed by atoms with Gasteiger partial charge in [0.05, 0.1) is 12.2 Å². The molecule has 1 aromatic heterocycles. The fourth-order valence-electron chi connectivity index (χ4n) is 2.36. The molecule has 0 radical (unpaired) electrons. The van der Waals surface area contributed by atoms with Crippen LogP contribution in [0.1, 0.15) is 18.1 Å². The van der Waals surface area contributed by atoms with Crippen molar-refractivity contribution < 1.29 is 9.13 Å². The highest BCUT2D eigenvalue weighted by molar-refractivity contribution is 5.37. The van der Waals surface area contributed by atoms with E-state index in [-0.39, 0.29) is 18.0 Å². The molecule has 19 heavy (non-hydrogen) atoms. The van der Waals surface area contributed by atoms with E-state index in [0.717, 1.165) is 18.6 Å². The molecule has 2 heterocycles. The van der Waals surface area contributed by atoms with Gasteiger partial charge in [-0.2, -0.15) is 0 Å². The lowest BCUT2D eigenvalue weighted by atomic mass is 10.0. The van der Waals surface area contributed by atoms with Gasteiger partial charge in [0.2, 0.25) is 0 Å². The number of benzene rings is 1. The number of aromatic nitrogens is 1. The third-order valence-electron chi connectivity index (χ3n) is 3.28. The van der Waals surface area contributed by atoms with E-state index in [0.29, 0.717) is 5.82 Å². The van der Waals surface area contributed by atoms with Crippen molar-refractivity contribution in [1.29, 1.82) is 0 Å². The summed E-state index contributed by atoms with van der Waals surface area (Å²) in [6.45, 7) is 0.721. The van der Waals surface area contributed by atoms with Gasteiger partial charge in [-0.05, 0) is 24.1 Å². The summed E-state index contributed by atoms with van der Waals surface area (Å²) in [5.74, 6) is 0.352. The second-order valence-corrected chi connectivity index (χ2v) is 4.60. The number of halogens is 1. The van der Waals surface area contributed by atoms with Crippen molar-refractivity contribution in [2.45, 2.75) is 18.6 Å². The Balaban J connectivity index is 1.75. The Labute approximate surface area is 111 Å². The Morgan fingerprint density at radius 2 is 2.00 bits per heavy atom. The predicted octanol–water partition coefficient (Wildman–Crippen LogP) is 3.16. The summed E-state index contributed by atoms with van der Waals surface area (Å²) < 4.78 is 18.6.